The van der Waals surface area contributed by atoms with Crippen molar-refractivity contribution in [3.8, 4) is 5.88 Å². The first-order valence-electron chi connectivity index (χ1n) is 5.38. The minimum Gasteiger partial charge on any atom is -0.471 e. The Balaban J connectivity index is 1.98. The highest BCUT2D eigenvalue weighted by Gasteiger charge is 2.19. The maximum Gasteiger partial charge on any atom is 0.225 e. The molecule has 2 aromatic rings. The molecular weight excluding hydrogens is 206 g/mol. The number of fused-ring (bicyclic) bond motifs is 1. The van der Waals surface area contributed by atoms with Crippen LogP contribution in [0.1, 0.15) is 12.1 Å². The first-order valence-corrected chi connectivity index (χ1v) is 5.38. The second-order valence-corrected chi connectivity index (χ2v) is 3.95. The number of aromatic nitrogens is 3. The SMILES string of the molecule is Cc1n[nH]c2ccnc(OC3CCOC3)c12. The number of aryl methyl sites for hydroxylation is 1. The molecule has 84 valence electrons. The Morgan fingerprint density at radius 3 is 3.31 bits per heavy atom. The molecule has 1 atom stereocenters. The third kappa shape index (κ3) is 1.53. The Morgan fingerprint density at radius 1 is 1.56 bits per heavy atom. The van der Waals surface area contributed by atoms with Crippen LogP contribution in [0.5, 0.6) is 5.88 Å². The van der Waals surface area contributed by atoms with Crippen LogP contribution in [-0.4, -0.2) is 34.5 Å². The van der Waals surface area contributed by atoms with E-state index in [-0.39, 0.29) is 6.10 Å². The normalized spacial score (nSPS) is 20.4. The first-order chi connectivity index (χ1) is 7.84. The second kappa shape index (κ2) is 3.75. The van der Waals surface area contributed by atoms with E-state index >= 15 is 0 Å². The van der Waals surface area contributed by atoms with Crippen LogP contribution in [0, 0.1) is 6.92 Å². The standard InChI is InChI=1S/C11H13N3O2/c1-7-10-9(14-13-7)2-4-12-11(10)16-8-3-5-15-6-8/h2,4,8H,3,5-6H2,1H3,(H,13,14). The Bertz CT molecular complexity index is 503. The van der Waals surface area contributed by atoms with Crippen molar-refractivity contribution < 1.29 is 9.47 Å². The Hall–Kier alpha value is -1.62. The van der Waals surface area contributed by atoms with E-state index in [4.69, 9.17) is 9.47 Å². The minimum absolute atomic E-state index is 0.118. The van der Waals surface area contributed by atoms with Gasteiger partial charge < -0.3 is 9.47 Å². The molecule has 1 aliphatic rings. The van der Waals surface area contributed by atoms with Crippen LogP contribution < -0.4 is 4.74 Å². The van der Waals surface area contributed by atoms with Crippen molar-refractivity contribution in [1.29, 1.82) is 0 Å². The third-order valence-electron chi connectivity index (χ3n) is 2.79. The summed E-state index contributed by atoms with van der Waals surface area (Å²) in [6, 6.07) is 1.90. The number of hydrogen-bond donors (Lipinski definition) is 1. The second-order valence-electron chi connectivity index (χ2n) is 3.95. The van der Waals surface area contributed by atoms with Gasteiger partial charge in [0.05, 0.1) is 29.8 Å². The predicted molar refractivity (Wildman–Crippen MR) is 58.5 cm³/mol. The molecule has 0 aliphatic carbocycles. The van der Waals surface area contributed by atoms with Gasteiger partial charge in [0, 0.05) is 12.6 Å². The molecular formula is C11H13N3O2. The molecule has 5 heteroatoms. The third-order valence-corrected chi connectivity index (χ3v) is 2.79. The van der Waals surface area contributed by atoms with Gasteiger partial charge in [-0.05, 0) is 13.0 Å². The molecule has 1 fully saturated rings. The van der Waals surface area contributed by atoms with Crippen molar-refractivity contribution in [1.82, 2.24) is 15.2 Å². The molecule has 1 aliphatic heterocycles. The van der Waals surface area contributed by atoms with E-state index in [1.165, 1.54) is 0 Å². The summed E-state index contributed by atoms with van der Waals surface area (Å²) in [7, 11) is 0. The maximum atomic E-state index is 5.83. The van der Waals surface area contributed by atoms with Gasteiger partial charge in [0.2, 0.25) is 5.88 Å². The number of pyridine rings is 1. The zero-order valence-electron chi connectivity index (χ0n) is 9.06. The average molecular weight is 219 g/mol. The van der Waals surface area contributed by atoms with Crippen molar-refractivity contribution >= 4 is 10.9 Å². The molecule has 1 N–H and O–H groups in total. The van der Waals surface area contributed by atoms with Crippen molar-refractivity contribution in [3.05, 3.63) is 18.0 Å². The molecule has 0 bridgehead atoms. The highest BCUT2D eigenvalue weighted by molar-refractivity contribution is 5.85. The zero-order chi connectivity index (χ0) is 11.0. The van der Waals surface area contributed by atoms with Crippen LogP contribution in [0.3, 0.4) is 0 Å². The number of nitrogens with zero attached hydrogens (tertiary/aromatic N) is 2. The average Bonchev–Trinajstić information content (AvgIpc) is 2.90. The maximum absolute atomic E-state index is 5.83. The Morgan fingerprint density at radius 2 is 2.50 bits per heavy atom. The molecule has 16 heavy (non-hydrogen) atoms. The lowest BCUT2D eigenvalue weighted by Gasteiger charge is -2.11. The Kier molecular flexibility index (Phi) is 2.25. The van der Waals surface area contributed by atoms with Crippen LogP contribution in [-0.2, 0) is 4.74 Å². The van der Waals surface area contributed by atoms with E-state index in [9.17, 15) is 0 Å². The highest BCUT2D eigenvalue weighted by atomic mass is 16.5. The Labute approximate surface area is 92.8 Å². The molecule has 0 spiro atoms. The lowest BCUT2D eigenvalue weighted by atomic mass is 10.2. The summed E-state index contributed by atoms with van der Waals surface area (Å²) in [6.45, 7) is 3.36. The van der Waals surface area contributed by atoms with Crippen molar-refractivity contribution in [3.63, 3.8) is 0 Å². The summed E-state index contributed by atoms with van der Waals surface area (Å²) in [5.41, 5.74) is 1.87. The van der Waals surface area contributed by atoms with Gasteiger partial charge >= 0.3 is 0 Å². The summed E-state index contributed by atoms with van der Waals surface area (Å²) in [6.07, 6.45) is 2.77. The summed E-state index contributed by atoms with van der Waals surface area (Å²) in [5, 5.41) is 8.07. The predicted octanol–water partition coefficient (Wildman–Crippen LogP) is 1.43. The van der Waals surface area contributed by atoms with Gasteiger partial charge in [0.1, 0.15) is 6.10 Å². The van der Waals surface area contributed by atoms with Gasteiger partial charge in [-0.3, -0.25) is 5.10 Å². The van der Waals surface area contributed by atoms with Crippen LogP contribution in [0.25, 0.3) is 10.9 Å². The number of hydrogen-bond acceptors (Lipinski definition) is 4. The summed E-state index contributed by atoms with van der Waals surface area (Å²) < 4.78 is 11.1. The van der Waals surface area contributed by atoms with Gasteiger partial charge in [0.15, 0.2) is 0 Å². The smallest absolute Gasteiger partial charge is 0.225 e. The number of H-pyrrole nitrogens is 1. The molecule has 1 saturated heterocycles. The van der Waals surface area contributed by atoms with E-state index in [2.05, 4.69) is 15.2 Å². The molecule has 1 unspecified atom stereocenters. The number of ether oxygens (including phenoxy) is 2. The van der Waals surface area contributed by atoms with E-state index in [0.29, 0.717) is 12.5 Å². The van der Waals surface area contributed by atoms with E-state index in [1.54, 1.807) is 6.20 Å². The molecule has 0 aromatic carbocycles. The zero-order valence-corrected chi connectivity index (χ0v) is 9.06. The summed E-state index contributed by atoms with van der Waals surface area (Å²) in [5.74, 6) is 0.652. The fraction of sp³-hybridized carbons (Fsp3) is 0.455. The fourth-order valence-electron chi connectivity index (χ4n) is 1.94. The molecule has 0 saturated carbocycles. The highest BCUT2D eigenvalue weighted by Crippen LogP contribution is 2.26. The lowest BCUT2D eigenvalue weighted by molar-refractivity contribution is 0.139. The molecule has 2 aromatic heterocycles. The first kappa shape index (κ1) is 9.59. The fourth-order valence-corrected chi connectivity index (χ4v) is 1.94. The number of aromatic amines is 1. The van der Waals surface area contributed by atoms with Crippen molar-refractivity contribution in [2.45, 2.75) is 19.4 Å². The molecule has 0 radical (unpaired) electrons. The quantitative estimate of drug-likeness (QED) is 0.830. The molecule has 3 rings (SSSR count). The molecule has 5 nitrogen and oxygen atoms in total. The largest absolute Gasteiger partial charge is 0.471 e. The van der Waals surface area contributed by atoms with E-state index in [1.807, 2.05) is 13.0 Å². The molecule has 3 heterocycles. The van der Waals surface area contributed by atoms with Crippen LogP contribution in [0.4, 0.5) is 0 Å². The van der Waals surface area contributed by atoms with Crippen molar-refractivity contribution in [2.75, 3.05) is 13.2 Å². The lowest BCUT2D eigenvalue weighted by Crippen LogP contribution is -2.16. The number of rotatable bonds is 2. The summed E-state index contributed by atoms with van der Waals surface area (Å²) in [4.78, 5) is 4.27. The van der Waals surface area contributed by atoms with E-state index < -0.39 is 0 Å². The van der Waals surface area contributed by atoms with Gasteiger partial charge in [-0.1, -0.05) is 0 Å². The van der Waals surface area contributed by atoms with Gasteiger partial charge in [0.25, 0.3) is 0 Å². The van der Waals surface area contributed by atoms with Crippen LogP contribution >= 0.6 is 0 Å². The van der Waals surface area contributed by atoms with Crippen LogP contribution in [0.15, 0.2) is 12.3 Å². The van der Waals surface area contributed by atoms with Crippen molar-refractivity contribution in [2.24, 2.45) is 0 Å². The molecule has 0 amide bonds. The summed E-state index contributed by atoms with van der Waals surface area (Å²) >= 11 is 0. The van der Waals surface area contributed by atoms with Gasteiger partial charge in [-0.15, -0.1) is 0 Å². The van der Waals surface area contributed by atoms with E-state index in [0.717, 1.165) is 29.6 Å². The minimum atomic E-state index is 0.118. The van der Waals surface area contributed by atoms with Gasteiger partial charge in [-0.25, -0.2) is 4.98 Å². The van der Waals surface area contributed by atoms with Gasteiger partial charge in [-0.2, -0.15) is 5.10 Å². The number of nitrogens with one attached hydrogen (secondary N) is 1. The van der Waals surface area contributed by atoms with Crippen LogP contribution in [0.2, 0.25) is 0 Å². The monoisotopic (exact) mass is 219 g/mol. The topological polar surface area (TPSA) is 60.0 Å².